The van der Waals surface area contributed by atoms with E-state index in [0.717, 1.165) is 5.56 Å². The second-order valence-corrected chi connectivity index (χ2v) is 5.55. The molecule has 0 unspecified atom stereocenters. The molecule has 134 valence electrons. The third-order valence-corrected chi connectivity index (χ3v) is 3.78. The first kappa shape index (κ1) is 17.5. The van der Waals surface area contributed by atoms with E-state index in [1.54, 1.807) is 35.1 Å². The minimum atomic E-state index is -0.371. The molecule has 0 fully saturated rings. The van der Waals surface area contributed by atoms with Crippen LogP contribution in [-0.2, 0) is 6.54 Å². The van der Waals surface area contributed by atoms with Crippen molar-refractivity contribution in [1.29, 1.82) is 0 Å². The van der Waals surface area contributed by atoms with Crippen molar-refractivity contribution < 1.29 is 18.7 Å². The highest BCUT2D eigenvalue weighted by molar-refractivity contribution is 6.08. The fourth-order valence-corrected chi connectivity index (χ4v) is 2.61. The monoisotopic (exact) mass is 355 g/mol. The van der Waals surface area contributed by atoms with Gasteiger partial charge in [0.15, 0.2) is 0 Å². The van der Waals surface area contributed by atoms with E-state index in [-0.39, 0.29) is 11.7 Å². The Morgan fingerprint density at radius 1 is 1.15 bits per heavy atom. The van der Waals surface area contributed by atoms with Crippen molar-refractivity contribution in [1.82, 2.24) is 9.78 Å². The van der Waals surface area contributed by atoms with Crippen molar-refractivity contribution in [2.24, 2.45) is 0 Å². The number of methoxy groups -OCH3 is 2. The standard InChI is InChI=1S/C19H18FN3O3/c1-25-16-7-4-8-17(26-2)18(16)19(24)22-15-10-21-23(12-15)11-13-5-3-6-14(20)9-13/h3-10,12H,11H2,1-2H3,(H,22,24). The average molecular weight is 355 g/mol. The van der Waals surface area contributed by atoms with Gasteiger partial charge in [0.2, 0.25) is 0 Å². The highest BCUT2D eigenvalue weighted by Gasteiger charge is 2.18. The van der Waals surface area contributed by atoms with E-state index in [4.69, 9.17) is 9.47 Å². The molecule has 0 bridgehead atoms. The summed E-state index contributed by atoms with van der Waals surface area (Å²) in [7, 11) is 2.98. The van der Waals surface area contributed by atoms with Crippen LogP contribution in [0.1, 0.15) is 15.9 Å². The van der Waals surface area contributed by atoms with Crippen LogP contribution >= 0.6 is 0 Å². The van der Waals surface area contributed by atoms with Gasteiger partial charge in [0.05, 0.1) is 32.6 Å². The summed E-state index contributed by atoms with van der Waals surface area (Å²) in [5, 5.41) is 6.96. The fourth-order valence-electron chi connectivity index (χ4n) is 2.61. The minimum absolute atomic E-state index is 0.300. The molecule has 26 heavy (non-hydrogen) atoms. The Bertz CT molecular complexity index is 902. The third-order valence-electron chi connectivity index (χ3n) is 3.78. The van der Waals surface area contributed by atoms with Crippen molar-refractivity contribution >= 4 is 11.6 Å². The molecule has 0 aliphatic carbocycles. The topological polar surface area (TPSA) is 65.4 Å². The Balaban J connectivity index is 1.76. The number of hydrogen-bond donors (Lipinski definition) is 1. The number of amides is 1. The molecule has 0 spiro atoms. The molecule has 0 aliphatic rings. The van der Waals surface area contributed by atoms with Crippen LogP contribution in [-0.4, -0.2) is 29.9 Å². The van der Waals surface area contributed by atoms with Crippen molar-refractivity contribution in [3.63, 3.8) is 0 Å². The number of hydrogen-bond acceptors (Lipinski definition) is 4. The van der Waals surface area contributed by atoms with E-state index in [9.17, 15) is 9.18 Å². The van der Waals surface area contributed by atoms with Crippen LogP contribution < -0.4 is 14.8 Å². The summed E-state index contributed by atoms with van der Waals surface area (Å²) in [6, 6.07) is 11.4. The summed E-state index contributed by atoms with van der Waals surface area (Å²) in [4.78, 5) is 12.6. The van der Waals surface area contributed by atoms with Crippen LogP contribution in [0.2, 0.25) is 0 Å². The molecule has 1 amide bonds. The number of nitrogens with zero attached hydrogens (tertiary/aromatic N) is 2. The van der Waals surface area contributed by atoms with E-state index in [0.29, 0.717) is 29.3 Å². The van der Waals surface area contributed by atoms with Crippen LogP contribution in [0.3, 0.4) is 0 Å². The highest BCUT2D eigenvalue weighted by Crippen LogP contribution is 2.29. The number of anilines is 1. The first-order chi connectivity index (χ1) is 12.6. The first-order valence-electron chi connectivity index (χ1n) is 7.90. The minimum Gasteiger partial charge on any atom is -0.496 e. The van der Waals surface area contributed by atoms with Crippen molar-refractivity contribution in [3.8, 4) is 11.5 Å². The molecule has 1 N–H and O–H groups in total. The Morgan fingerprint density at radius 3 is 2.50 bits per heavy atom. The summed E-state index contributed by atoms with van der Waals surface area (Å²) in [5.41, 5.74) is 1.59. The van der Waals surface area contributed by atoms with E-state index < -0.39 is 0 Å². The molecule has 6 nitrogen and oxygen atoms in total. The lowest BCUT2D eigenvalue weighted by atomic mass is 10.1. The van der Waals surface area contributed by atoms with Gasteiger partial charge in [-0.05, 0) is 29.8 Å². The average Bonchev–Trinajstić information content (AvgIpc) is 3.07. The van der Waals surface area contributed by atoms with Gasteiger partial charge in [0.1, 0.15) is 22.9 Å². The maximum atomic E-state index is 13.3. The van der Waals surface area contributed by atoms with E-state index in [2.05, 4.69) is 10.4 Å². The second-order valence-electron chi connectivity index (χ2n) is 5.55. The quantitative estimate of drug-likeness (QED) is 0.736. The molecular formula is C19H18FN3O3. The molecular weight excluding hydrogens is 337 g/mol. The Labute approximate surface area is 150 Å². The van der Waals surface area contributed by atoms with Gasteiger partial charge in [-0.1, -0.05) is 18.2 Å². The molecule has 0 aliphatic heterocycles. The number of aromatic nitrogens is 2. The number of benzene rings is 2. The smallest absolute Gasteiger partial charge is 0.263 e. The Kier molecular flexibility index (Phi) is 5.17. The van der Waals surface area contributed by atoms with Gasteiger partial charge in [-0.2, -0.15) is 5.10 Å². The van der Waals surface area contributed by atoms with E-state index in [1.165, 1.54) is 32.5 Å². The van der Waals surface area contributed by atoms with Crippen LogP contribution in [0.5, 0.6) is 11.5 Å². The van der Waals surface area contributed by atoms with Gasteiger partial charge < -0.3 is 14.8 Å². The zero-order valence-corrected chi connectivity index (χ0v) is 14.4. The number of ether oxygens (including phenoxy) is 2. The van der Waals surface area contributed by atoms with Crippen LogP contribution in [0.4, 0.5) is 10.1 Å². The van der Waals surface area contributed by atoms with Crippen molar-refractivity contribution in [3.05, 3.63) is 71.8 Å². The number of carbonyl (C=O) groups excluding carboxylic acids is 1. The molecule has 1 heterocycles. The molecule has 0 radical (unpaired) electrons. The summed E-state index contributed by atoms with van der Waals surface area (Å²) in [6.07, 6.45) is 3.20. The molecule has 1 aromatic heterocycles. The van der Waals surface area contributed by atoms with Gasteiger partial charge in [-0.3, -0.25) is 9.48 Å². The predicted molar refractivity (Wildman–Crippen MR) is 95.2 cm³/mol. The summed E-state index contributed by atoms with van der Waals surface area (Å²) in [5.74, 6) is 0.152. The number of nitrogens with one attached hydrogen (secondary N) is 1. The molecule has 0 saturated carbocycles. The lowest BCUT2D eigenvalue weighted by Gasteiger charge is -2.12. The highest BCUT2D eigenvalue weighted by atomic mass is 19.1. The van der Waals surface area contributed by atoms with Crippen molar-refractivity contribution in [2.75, 3.05) is 19.5 Å². The predicted octanol–water partition coefficient (Wildman–Crippen LogP) is 3.34. The van der Waals surface area contributed by atoms with E-state index in [1.807, 2.05) is 6.07 Å². The van der Waals surface area contributed by atoms with Gasteiger partial charge in [-0.15, -0.1) is 0 Å². The summed E-state index contributed by atoms with van der Waals surface area (Å²) < 4.78 is 25.4. The molecule has 3 rings (SSSR count). The van der Waals surface area contributed by atoms with Gasteiger partial charge in [-0.25, -0.2) is 4.39 Å². The van der Waals surface area contributed by atoms with Gasteiger partial charge in [0, 0.05) is 6.20 Å². The SMILES string of the molecule is COc1cccc(OC)c1C(=O)Nc1cnn(Cc2cccc(F)c2)c1. The van der Waals surface area contributed by atoms with Crippen LogP contribution in [0, 0.1) is 5.82 Å². The van der Waals surface area contributed by atoms with E-state index >= 15 is 0 Å². The maximum Gasteiger partial charge on any atom is 0.263 e. The van der Waals surface area contributed by atoms with Crippen LogP contribution in [0.15, 0.2) is 54.9 Å². The van der Waals surface area contributed by atoms with Gasteiger partial charge in [0.25, 0.3) is 5.91 Å². The Hall–Kier alpha value is -3.35. The molecule has 2 aromatic carbocycles. The largest absolute Gasteiger partial charge is 0.496 e. The lowest BCUT2D eigenvalue weighted by Crippen LogP contribution is -2.14. The zero-order chi connectivity index (χ0) is 18.5. The second kappa shape index (κ2) is 7.69. The Morgan fingerprint density at radius 2 is 1.85 bits per heavy atom. The number of halogens is 1. The molecule has 3 aromatic rings. The zero-order valence-electron chi connectivity index (χ0n) is 14.4. The summed E-state index contributed by atoms with van der Waals surface area (Å²) in [6.45, 7) is 0.394. The maximum absolute atomic E-state index is 13.3. The summed E-state index contributed by atoms with van der Waals surface area (Å²) >= 11 is 0. The molecule has 0 atom stereocenters. The number of rotatable bonds is 6. The first-order valence-corrected chi connectivity index (χ1v) is 7.90. The molecule has 7 heteroatoms. The fraction of sp³-hybridized carbons (Fsp3) is 0.158. The lowest BCUT2D eigenvalue weighted by molar-refractivity contribution is 0.102. The van der Waals surface area contributed by atoms with Crippen molar-refractivity contribution in [2.45, 2.75) is 6.54 Å². The number of carbonyl (C=O) groups is 1. The van der Waals surface area contributed by atoms with Gasteiger partial charge >= 0.3 is 0 Å². The van der Waals surface area contributed by atoms with Crippen LogP contribution in [0.25, 0.3) is 0 Å². The third kappa shape index (κ3) is 3.83. The molecule has 0 saturated heterocycles. The normalized spacial score (nSPS) is 10.4.